The van der Waals surface area contributed by atoms with Gasteiger partial charge in [0.2, 0.25) is 0 Å². The maximum atomic E-state index is 12.8. The van der Waals surface area contributed by atoms with Gasteiger partial charge in [-0.3, -0.25) is 14.4 Å². The number of ether oxygens (including phenoxy) is 3. The Hall–Kier alpha value is -4.71. The van der Waals surface area contributed by atoms with Crippen molar-refractivity contribution in [3.63, 3.8) is 0 Å². The maximum absolute atomic E-state index is 12.8. The van der Waals surface area contributed by atoms with Gasteiger partial charge in [0.25, 0.3) is 0 Å². The second-order valence-electron chi connectivity index (χ2n) is 16.6. The van der Waals surface area contributed by atoms with Crippen LogP contribution in [0.3, 0.4) is 0 Å². The molecule has 368 valence electrons. The second kappa shape index (κ2) is 52.9. The summed E-state index contributed by atoms with van der Waals surface area (Å²) >= 11 is 0. The van der Waals surface area contributed by atoms with E-state index < -0.39 is 6.10 Å². The van der Waals surface area contributed by atoms with Crippen LogP contribution in [-0.4, -0.2) is 37.2 Å². The number of carbonyl (C=O) groups excluding carboxylic acids is 3. The summed E-state index contributed by atoms with van der Waals surface area (Å²) in [5, 5.41) is 0. The van der Waals surface area contributed by atoms with Crippen molar-refractivity contribution in [2.75, 3.05) is 13.2 Å². The Bertz CT molecular complexity index is 1510. The minimum Gasteiger partial charge on any atom is -0.462 e. The quantitative estimate of drug-likeness (QED) is 0.0262. The number of esters is 3. The third kappa shape index (κ3) is 50.3. The van der Waals surface area contributed by atoms with Crippen molar-refractivity contribution >= 4 is 17.9 Å². The van der Waals surface area contributed by atoms with E-state index in [1.807, 2.05) is 122 Å². The van der Waals surface area contributed by atoms with Gasteiger partial charge in [-0.05, 0) is 57.8 Å². The number of hydrogen-bond acceptors (Lipinski definition) is 6. The minimum atomic E-state index is -0.825. The lowest BCUT2D eigenvalue weighted by Crippen LogP contribution is -2.30. The number of carbonyl (C=O) groups is 3. The van der Waals surface area contributed by atoms with E-state index in [-0.39, 0.29) is 37.5 Å². The molecule has 1 unspecified atom stereocenters. The SMILES string of the molecule is CC\C=C/C=C\C=C/C=C\C=C\C=C/CCCCCC(=O)OCC(COC(=O)CCCCCCCCCCCCCCCC)OC(=O)CCCCC\C=C/C=C/C=C\C=C/C=C\C=C/CC. The van der Waals surface area contributed by atoms with Crippen molar-refractivity contribution in [2.45, 2.75) is 200 Å². The number of allylic oxidation sites excluding steroid dienone is 24. The van der Waals surface area contributed by atoms with Crippen LogP contribution < -0.4 is 0 Å². The summed E-state index contributed by atoms with van der Waals surface area (Å²) in [5.74, 6) is -1.01. The van der Waals surface area contributed by atoms with E-state index in [0.717, 1.165) is 70.6 Å². The molecule has 1 atom stereocenters. The van der Waals surface area contributed by atoms with Crippen molar-refractivity contribution < 1.29 is 28.6 Å². The highest BCUT2D eigenvalue weighted by Crippen LogP contribution is 2.14. The van der Waals surface area contributed by atoms with Gasteiger partial charge in [0, 0.05) is 19.3 Å². The van der Waals surface area contributed by atoms with Gasteiger partial charge in [-0.2, -0.15) is 0 Å². The first-order valence-electron chi connectivity index (χ1n) is 26.0. The number of hydrogen-bond donors (Lipinski definition) is 0. The molecule has 0 spiro atoms. The van der Waals surface area contributed by atoms with Crippen LogP contribution in [0.15, 0.2) is 146 Å². The third-order valence-corrected chi connectivity index (χ3v) is 10.4. The number of rotatable bonds is 44. The highest BCUT2D eigenvalue weighted by atomic mass is 16.6. The summed E-state index contributed by atoms with van der Waals surface area (Å²) in [4.78, 5) is 38.0. The first kappa shape index (κ1) is 61.3. The average molecular weight is 909 g/mol. The topological polar surface area (TPSA) is 78.9 Å². The summed E-state index contributed by atoms with van der Waals surface area (Å²) in [5.41, 5.74) is 0. The van der Waals surface area contributed by atoms with E-state index in [2.05, 4.69) is 45.1 Å². The van der Waals surface area contributed by atoms with E-state index in [1.54, 1.807) is 0 Å². The predicted molar refractivity (Wildman–Crippen MR) is 283 cm³/mol. The minimum absolute atomic E-state index is 0.116. The monoisotopic (exact) mass is 909 g/mol. The van der Waals surface area contributed by atoms with Crippen LogP contribution in [0.5, 0.6) is 0 Å². The fourth-order valence-electron chi connectivity index (χ4n) is 6.56. The highest BCUT2D eigenvalue weighted by molar-refractivity contribution is 5.71. The standard InChI is InChI=1S/C60H92O6/c1-4-7-10-13-16-19-22-25-28-30-32-35-38-41-44-47-50-53-59(62)65-56-57(55-64-58(61)52-49-46-43-40-37-34-27-24-21-18-15-12-9-6-3)66-60(63)54-51-48-45-42-39-36-33-31-29-26-23-20-17-14-11-8-5-2/h7-8,10-11,13-14,16-17,19-20,22-23,25-26,28-33,35-36,38-39,57H,4-6,9,12,15,18,21,24,27,34,37,40-56H2,1-3H3/b10-7-,11-8-,16-13-,17-14-,22-19-,23-20-,28-25-,29-26-,32-30+,33-31+,38-35-,39-36-. The lowest BCUT2D eigenvalue weighted by Gasteiger charge is -2.18. The summed E-state index contributed by atoms with van der Waals surface area (Å²) in [6.07, 6.45) is 75.3. The first-order valence-corrected chi connectivity index (χ1v) is 26.0. The van der Waals surface area contributed by atoms with E-state index in [4.69, 9.17) is 14.2 Å². The van der Waals surface area contributed by atoms with Crippen LogP contribution in [0.4, 0.5) is 0 Å². The van der Waals surface area contributed by atoms with Gasteiger partial charge in [0.05, 0.1) is 0 Å². The summed E-state index contributed by atoms with van der Waals surface area (Å²) < 4.78 is 16.7. The molecule has 0 aromatic carbocycles. The predicted octanol–water partition coefficient (Wildman–Crippen LogP) is 17.3. The molecular weight excluding hydrogens is 817 g/mol. The zero-order chi connectivity index (χ0) is 47.9. The average Bonchev–Trinajstić information content (AvgIpc) is 3.31. The second-order valence-corrected chi connectivity index (χ2v) is 16.6. The molecule has 0 N–H and O–H groups in total. The molecular formula is C60H92O6. The van der Waals surface area contributed by atoms with E-state index in [9.17, 15) is 14.4 Å². The zero-order valence-electron chi connectivity index (χ0n) is 41.9. The molecule has 0 aliphatic heterocycles. The molecule has 0 aliphatic carbocycles. The van der Waals surface area contributed by atoms with Crippen LogP contribution in [0, 0.1) is 0 Å². The summed E-state index contributed by atoms with van der Waals surface area (Å²) in [6.45, 7) is 6.25. The highest BCUT2D eigenvalue weighted by Gasteiger charge is 2.19. The van der Waals surface area contributed by atoms with Gasteiger partial charge in [0.15, 0.2) is 6.10 Å². The van der Waals surface area contributed by atoms with Crippen molar-refractivity contribution in [1.82, 2.24) is 0 Å². The lowest BCUT2D eigenvalue weighted by atomic mass is 10.0. The molecule has 6 nitrogen and oxygen atoms in total. The Morgan fingerprint density at radius 2 is 0.591 bits per heavy atom. The molecule has 0 radical (unpaired) electrons. The Balaban J connectivity index is 4.61. The van der Waals surface area contributed by atoms with Gasteiger partial charge in [0.1, 0.15) is 13.2 Å². The Kier molecular flexibility index (Phi) is 49.1. The van der Waals surface area contributed by atoms with Crippen LogP contribution in [0.1, 0.15) is 194 Å². The molecule has 66 heavy (non-hydrogen) atoms. The Morgan fingerprint density at radius 3 is 0.924 bits per heavy atom. The Morgan fingerprint density at radius 1 is 0.318 bits per heavy atom. The first-order chi connectivity index (χ1) is 32.5. The van der Waals surface area contributed by atoms with Crippen molar-refractivity contribution in [1.29, 1.82) is 0 Å². The van der Waals surface area contributed by atoms with Gasteiger partial charge in [-0.1, -0.05) is 263 Å². The molecule has 0 aromatic rings. The maximum Gasteiger partial charge on any atom is 0.306 e. The largest absolute Gasteiger partial charge is 0.462 e. The fraction of sp³-hybridized carbons (Fsp3) is 0.550. The number of unbranched alkanes of at least 4 members (excludes halogenated alkanes) is 19. The lowest BCUT2D eigenvalue weighted by molar-refractivity contribution is -0.167. The molecule has 0 bridgehead atoms. The van der Waals surface area contributed by atoms with Crippen LogP contribution in [-0.2, 0) is 28.6 Å². The normalized spacial score (nSPS) is 13.3. The van der Waals surface area contributed by atoms with E-state index in [1.165, 1.54) is 70.6 Å². The Labute approximate surface area is 404 Å². The van der Waals surface area contributed by atoms with Crippen LogP contribution in [0.2, 0.25) is 0 Å². The summed E-state index contributed by atoms with van der Waals surface area (Å²) in [6, 6.07) is 0. The van der Waals surface area contributed by atoms with Gasteiger partial charge in [-0.25, -0.2) is 0 Å². The summed E-state index contributed by atoms with van der Waals surface area (Å²) in [7, 11) is 0. The van der Waals surface area contributed by atoms with Crippen molar-refractivity contribution in [3.8, 4) is 0 Å². The zero-order valence-corrected chi connectivity index (χ0v) is 41.9. The van der Waals surface area contributed by atoms with Crippen molar-refractivity contribution in [2.24, 2.45) is 0 Å². The molecule has 6 heteroatoms. The molecule has 0 aromatic heterocycles. The fourth-order valence-corrected chi connectivity index (χ4v) is 6.56. The molecule has 0 aliphatic rings. The molecule has 0 amide bonds. The molecule has 0 fully saturated rings. The smallest absolute Gasteiger partial charge is 0.306 e. The van der Waals surface area contributed by atoms with E-state index >= 15 is 0 Å². The van der Waals surface area contributed by atoms with Crippen LogP contribution >= 0.6 is 0 Å². The van der Waals surface area contributed by atoms with Gasteiger partial charge < -0.3 is 14.2 Å². The molecule has 0 saturated heterocycles. The van der Waals surface area contributed by atoms with Crippen LogP contribution in [0.25, 0.3) is 0 Å². The van der Waals surface area contributed by atoms with Gasteiger partial charge in [-0.15, -0.1) is 0 Å². The molecule has 0 saturated carbocycles. The van der Waals surface area contributed by atoms with Crippen molar-refractivity contribution in [3.05, 3.63) is 146 Å². The third-order valence-electron chi connectivity index (χ3n) is 10.4. The van der Waals surface area contributed by atoms with E-state index in [0.29, 0.717) is 25.7 Å². The van der Waals surface area contributed by atoms with Gasteiger partial charge >= 0.3 is 17.9 Å². The molecule has 0 heterocycles. The molecule has 0 rings (SSSR count).